The van der Waals surface area contributed by atoms with Crippen LogP contribution in [-0.4, -0.2) is 17.0 Å². The third-order valence-corrected chi connectivity index (χ3v) is 6.79. The first-order chi connectivity index (χ1) is 14.0. The van der Waals surface area contributed by atoms with E-state index in [0.29, 0.717) is 6.42 Å². The maximum atomic E-state index is 12.8. The minimum atomic E-state index is -0.320. The van der Waals surface area contributed by atoms with Gasteiger partial charge in [0, 0.05) is 28.6 Å². The predicted molar refractivity (Wildman–Crippen MR) is 127 cm³/mol. The van der Waals surface area contributed by atoms with Crippen LogP contribution >= 0.6 is 0 Å². The van der Waals surface area contributed by atoms with Crippen LogP contribution in [0.2, 0.25) is 0 Å². The van der Waals surface area contributed by atoms with Crippen LogP contribution in [0.5, 0.6) is 0 Å². The minimum Gasteiger partial charge on any atom is -0.380 e. The molecule has 1 amide bonds. The second-order valence-electron chi connectivity index (χ2n) is 10.4. The van der Waals surface area contributed by atoms with E-state index in [9.17, 15) is 4.79 Å². The number of hydrogen-bond acceptors (Lipinski definition) is 2. The van der Waals surface area contributed by atoms with Crippen molar-refractivity contribution in [2.24, 2.45) is 0 Å². The number of nitrogens with one attached hydrogen (secondary N) is 1. The third kappa shape index (κ3) is 3.15. The number of nitrogens with zero attached hydrogens (tertiary/aromatic N) is 1. The number of allylic oxidation sites excluding steroid dienone is 1. The maximum absolute atomic E-state index is 12.8. The van der Waals surface area contributed by atoms with E-state index in [4.69, 9.17) is 0 Å². The molecule has 2 aliphatic heterocycles. The molecule has 0 unspecified atom stereocenters. The Balaban J connectivity index is 1.90. The Morgan fingerprint density at radius 3 is 2.47 bits per heavy atom. The number of anilines is 2. The fourth-order valence-electron chi connectivity index (χ4n) is 5.71. The Bertz CT molecular complexity index is 1050. The van der Waals surface area contributed by atoms with Gasteiger partial charge in [-0.15, -0.1) is 0 Å². The highest BCUT2D eigenvalue weighted by atomic mass is 16.2. The quantitative estimate of drug-likeness (QED) is 0.620. The summed E-state index contributed by atoms with van der Waals surface area (Å²) in [6.07, 6.45) is 3.74. The number of carbonyl (C=O) groups excluding carboxylic acids is 1. The summed E-state index contributed by atoms with van der Waals surface area (Å²) >= 11 is 0. The molecule has 158 valence electrons. The van der Waals surface area contributed by atoms with E-state index < -0.39 is 0 Å². The van der Waals surface area contributed by atoms with Crippen molar-refractivity contribution in [1.29, 1.82) is 0 Å². The highest BCUT2D eigenvalue weighted by Crippen LogP contribution is 2.49. The van der Waals surface area contributed by atoms with Crippen LogP contribution in [0.3, 0.4) is 0 Å². The minimum absolute atomic E-state index is 0.00388. The molecule has 2 aromatic carbocycles. The molecule has 0 aliphatic carbocycles. The van der Waals surface area contributed by atoms with Gasteiger partial charge in [0.25, 0.3) is 0 Å². The van der Waals surface area contributed by atoms with Gasteiger partial charge in [0.1, 0.15) is 0 Å². The van der Waals surface area contributed by atoms with Crippen LogP contribution < -0.4 is 10.2 Å². The van der Waals surface area contributed by atoms with E-state index in [-0.39, 0.29) is 22.4 Å². The summed E-state index contributed by atoms with van der Waals surface area (Å²) < 4.78 is 0. The van der Waals surface area contributed by atoms with Crippen LogP contribution in [0.4, 0.5) is 11.4 Å². The number of amides is 1. The first kappa shape index (κ1) is 20.7. The lowest BCUT2D eigenvalue weighted by Crippen LogP contribution is -2.49. The van der Waals surface area contributed by atoms with Gasteiger partial charge in [0.15, 0.2) is 0 Å². The number of benzene rings is 2. The monoisotopic (exact) mass is 402 g/mol. The van der Waals surface area contributed by atoms with E-state index in [0.717, 1.165) is 12.1 Å². The van der Waals surface area contributed by atoms with E-state index in [1.165, 1.54) is 28.0 Å². The summed E-state index contributed by atoms with van der Waals surface area (Å²) in [5.41, 5.74) is 6.86. The summed E-state index contributed by atoms with van der Waals surface area (Å²) in [5, 5.41) is 3.71. The molecule has 30 heavy (non-hydrogen) atoms. The number of rotatable bonds is 2. The van der Waals surface area contributed by atoms with Gasteiger partial charge in [0.05, 0.1) is 11.2 Å². The molecule has 1 atom stereocenters. The van der Waals surface area contributed by atoms with Gasteiger partial charge < -0.3 is 10.2 Å². The number of carbonyl (C=O) groups is 1. The average molecular weight is 403 g/mol. The van der Waals surface area contributed by atoms with Crippen LogP contribution in [-0.2, 0) is 10.2 Å². The summed E-state index contributed by atoms with van der Waals surface area (Å²) in [4.78, 5) is 14.8. The summed E-state index contributed by atoms with van der Waals surface area (Å²) in [6.45, 7) is 15.2. The normalized spacial score (nSPS) is 23.7. The lowest BCUT2D eigenvalue weighted by atomic mass is 9.65. The molecular formula is C27H34N2O. The topological polar surface area (TPSA) is 32.3 Å². The van der Waals surface area contributed by atoms with Crippen LogP contribution in [0.25, 0.3) is 5.57 Å². The SMILES string of the molecule is CCC(=O)N1c2ccc([C@@]3(C)CC(C)(C)Nc4ccccc43)cc2C(C)=CC1(C)C. The van der Waals surface area contributed by atoms with Gasteiger partial charge in [-0.25, -0.2) is 0 Å². The largest absolute Gasteiger partial charge is 0.380 e. The molecule has 2 aromatic rings. The molecule has 0 bridgehead atoms. The Hall–Kier alpha value is -2.55. The zero-order valence-electron chi connectivity index (χ0n) is 19.4. The first-order valence-electron chi connectivity index (χ1n) is 11.0. The van der Waals surface area contributed by atoms with Crippen molar-refractivity contribution in [3.8, 4) is 0 Å². The highest BCUT2D eigenvalue weighted by Gasteiger charge is 2.42. The molecule has 0 saturated carbocycles. The van der Waals surface area contributed by atoms with Crippen molar-refractivity contribution < 1.29 is 4.79 Å². The molecule has 3 nitrogen and oxygen atoms in total. The van der Waals surface area contributed by atoms with E-state index in [1.54, 1.807) is 0 Å². The van der Waals surface area contributed by atoms with E-state index in [1.807, 2.05) is 11.8 Å². The fraction of sp³-hybridized carbons (Fsp3) is 0.444. The van der Waals surface area contributed by atoms with Crippen LogP contribution in [0, 0.1) is 0 Å². The second kappa shape index (κ2) is 6.73. The van der Waals surface area contributed by atoms with E-state index >= 15 is 0 Å². The first-order valence-corrected chi connectivity index (χ1v) is 11.0. The number of hydrogen-bond donors (Lipinski definition) is 1. The van der Waals surface area contributed by atoms with Crippen molar-refractivity contribution in [2.45, 2.75) is 77.8 Å². The summed E-state index contributed by atoms with van der Waals surface area (Å²) in [7, 11) is 0. The molecule has 0 aromatic heterocycles. The van der Waals surface area contributed by atoms with Gasteiger partial charge >= 0.3 is 0 Å². The number of para-hydroxylation sites is 1. The highest BCUT2D eigenvalue weighted by molar-refractivity contribution is 6.00. The van der Waals surface area contributed by atoms with Crippen LogP contribution in [0.15, 0.2) is 48.5 Å². The molecule has 4 rings (SSSR count). The Morgan fingerprint density at radius 1 is 1.07 bits per heavy atom. The zero-order chi connectivity index (χ0) is 21.9. The summed E-state index contributed by atoms with van der Waals surface area (Å²) in [5.74, 6) is 0.164. The van der Waals surface area contributed by atoms with Gasteiger partial charge in [-0.1, -0.05) is 44.2 Å². The van der Waals surface area contributed by atoms with Crippen molar-refractivity contribution in [2.75, 3.05) is 10.2 Å². The molecule has 3 heteroatoms. The zero-order valence-corrected chi connectivity index (χ0v) is 19.4. The average Bonchev–Trinajstić information content (AvgIpc) is 2.66. The molecule has 2 aliphatic rings. The molecule has 0 fully saturated rings. The summed E-state index contributed by atoms with van der Waals surface area (Å²) in [6, 6.07) is 15.4. The van der Waals surface area contributed by atoms with Gasteiger partial charge in [-0.05, 0) is 75.9 Å². The van der Waals surface area contributed by atoms with Crippen molar-refractivity contribution in [1.82, 2.24) is 0 Å². The van der Waals surface area contributed by atoms with Crippen molar-refractivity contribution in [3.05, 3.63) is 65.2 Å². The third-order valence-electron chi connectivity index (χ3n) is 6.79. The molecule has 2 heterocycles. The maximum Gasteiger partial charge on any atom is 0.227 e. The van der Waals surface area contributed by atoms with Gasteiger partial charge in [-0.3, -0.25) is 4.79 Å². The molecular weight excluding hydrogens is 368 g/mol. The lowest BCUT2D eigenvalue weighted by Gasteiger charge is -2.46. The Labute approximate surface area is 181 Å². The standard InChI is InChI=1S/C27H34N2O/c1-8-24(30)29-23-14-13-19(15-20(23)18(2)16-26(29,5)6)27(7)17-25(3,4)28-22-12-10-9-11-21(22)27/h9-16,28H,8,17H2,1-7H3/t27-/m1/s1. The van der Waals surface area contributed by atoms with E-state index in [2.05, 4.69) is 95.4 Å². The fourth-order valence-corrected chi connectivity index (χ4v) is 5.71. The van der Waals surface area contributed by atoms with Gasteiger partial charge in [0.2, 0.25) is 5.91 Å². The molecule has 0 saturated heterocycles. The second-order valence-corrected chi connectivity index (χ2v) is 10.4. The predicted octanol–water partition coefficient (Wildman–Crippen LogP) is 6.53. The Morgan fingerprint density at radius 2 is 1.77 bits per heavy atom. The van der Waals surface area contributed by atoms with Gasteiger partial charge in [-0.2, -0.15) is 0 Å². The molecule has 0 radical (unpaired) electrons. The van der Waals surface area contributed by atoms with Crippen LogP contribution in [0.1, 0.15) is 78.0 Å². The van der Waals surface area contributed by atoms with Crippen molar-refractivity contribution in [3.63, 3.8) is 0 Å². The van der Waals surface area contributed by atoms with Crippen molar-refractivity contribution >= 4 is 22.9 Å². The Kier molecular flexibility index (Phi) is 4.65. The smallest absolute Gasteiger partial charge is 0.227 e. The number of fused-ring (bicyclic) bond motifs is 2. The molecule has 0 spiro atoms. The lowest BCUT2D eigenvalue weighted by molar-refractivity contribution is -0.119. The molecule has 1 N–H and O–H groups in total.